The van der Waals surface area contributed by atoms with Crippen LogP contribution in [-0.2, 0) is 10.0 Å². The first kappa shape index (κ1) is 9.00. The van der Waals surface area contributed by atoms with Crippen molar-refractivity contribution in [1.82, 2.24) is 4.31 Å². The van der Waals surface area contributed by atoms with E-state index in [0.29, 0.717) is 13.1 Å². The Morgan fingerprint density at radius 2 is 2.00 bits per heavy atom. The third-order valence-electron chi connectivity index (χ3n) is 2.35. The maximum Gasteiger partial charge on any atom is 0.219 e. The van der Waals surface area contributed by atoms with Crippen LogP contribution in [0.1, 0.15) is 27.2 Å². The molecule has 0 aromatic rings. The topological polar surface area (TPSA) is 37.4 Å². The molecule has 1 saturated heterocycles. The first-order valence-electron chi connectivity index (χ1n) is 3.91. The molecule has 0 radical (unpaired) electrons. The van der Waals surface area contributed by atoms with E-state index in [4.69, 9.17) is 0 Å². The molecule has 0 aromatic heterocycles. The van der Waals surface area contributed by atoms with Gasteiger partial charge in [-0.25, -0.2) is 12.7 Å². The molecular formula is C7H15NO2S. The molecule has 0 N–H and O–H groups in total. The molecule has 0 aliphatic carbocycles. The van der Waals surface area contributed by atoms with Crippen molar-refractivity contribution in [2.45, 2.75) is 31.9 Å². The Labute approximate surface area is 68.4 Å². The molecule has 0 aromatic carbocycles. The van der Waals surface area contributed by atoms with E-state index in [1.165, 1.54) is 0 Å². The summed E-state index contributed by atoms with van der Waals surface area (Å²) in [7, 11) is -2.98. The number of hydrogen-bond donors (Lipinski definition) is 0. The fourth-order valence-corrected chi connectivity index (χ4v) is 3.04. The minimum absolute atomic E-state index is 0.539. The lowest BCUT2D eigenvalue weighted by Crippen LogP contribution is -2.34. The molecular weight excluding hydrogens is 162 g/mol. The van der Waals surface area contributed by atoms with Gasteiger partial charge in [-0.2, -0.15) is 0 Å². The summed E-state index contributed by atoms with van der Waals surface area (Å²) in [6, 6.07) is 0. The van der Waals surface area contributed by atoms with E-state index >= 15 is 0 Å². The van der Waals surface area contributed by atoms with Gasteiger partial charge in [-0.1, -0.05) is 6.92 Å². The zero-order valence-corrected chi connectivity index (χ0v) is 8.11. The van der Waals surface area contributed by atoms with Crippen LogP contribution in [-0.4, -0.2) is 30.6 Å². The smallest absolute Gasteiger partial charge is 0.212 e. The predicted octanol–water partition coefficient (Wildman–Crippen LogP) is 0.820. The van der Waals surface area contributed by atoms with Crippen molar-refractivity contribution in [3.63, 3.8) is 0 Å². The summed E-state index contributed by atoms with van der Waals surface area (Å²) in [5.41, 5.74) is 0. The molecule has 1 aliphatic heterocycles. The van der Waals surface area contributed by atoms with Crippen LogP contribution < -0.4 is 0 Å². The number of nitrogens with zero attached hydrogens (tertiary/aromatic N) is 1. The first-order valence-corrected chi connectivity index (χ1v) is 5.35. The van der Waals surface area contributed by atoms with Gasteiger partial charge < -0.3 is 0 Å². The fourth-order valence-electron chi connectivity index (χ4n) is 1.32. The summed E-state index contributed by atoms with van der Waals surface area (Å²) in [6.45, 7) is 6.74. The summed E-state index contributed by atoms with van der Waals surface area (Å²) in [5, 5.41) is 0. The van der Waals surface area contributed by atoms with Crippen LogP contribution in [0.2, 0.25) is 0 Å². The van der Waals surface area contributed by atoms with Crippen LogP contribution in [0.5, 0.6) is 0 Å². The first-order chi connectivity index (χ1) is 4.92. The second-order valence-electron chi connectivity index (χ2n) is 3.51. The lowest BCUT2D eigenvalue weighted by Gasteiger charge is -2.18. The van der Waals surface area contributed by atoms with Crippen molar-refractivity contribution in [2.75, 3.05) is 13.1 Å². The van der Waals surface area contributed by atoms with Crippen LogP contribution in [0.25, 0.3) is 0 Å². The third-order valence-corrected chi connectivity index (χ3v) is 5.08. The largest absolute Gasteiger partial charge is 0.219 e. The average Bonchev–Trinajstić information content (AvgIpc) is 2.05. The van der Waals surface area contributed by atoms with E-state index < -0.39 is 14.8 Å². The second-order valence-corrected chi connectivity index (χ2v) is 6.08. The zero-order valence-electron chi connectivity index (χ0n) is 7.29. The molecule has 1 fully saturated rings. The summed E-state index contributed by atoms with van der Waals surface area (Å²) in [6.07, 6.45) is 0.753. The minimum Gasteiger partial charge on any atom is -0.212 e. The van der Waals surface area contributed by atoms with Gasteiger partial charge in [-0.3, -0.25) is 0 Å². The highest BCUT2D eigenvalue weighted by Crippen LogP contribution is 2.31. The Morgan fingerprint density at radius 1 is 1.45 bits per heavy atom. The van der Waals surface area contributed by atoms with Crippen LogP contribution in [0.3, 0.4) is 0 Å². The van der Waals surface area contributed by atoms with Crippen LogP contribution in [0.15, 0.2) is 0 Å². The van der Waals surface area contributed by atoms with Crippen molar-refractivity contribution in [2.24, 2.45) is 0 Å². The Balaban J connectivity index is 3.01. The predicted molar refractivity (Wildman–Crippen MR) is 44.9 cm³/mol. The summed E-state index contributed by atoms with van der Waals surface area (Å²) >= 11 is 0. The van der Waals surface area contributed by atoms with E-state index in [0.717, 1.165) is 6.42 Å². The van der Waals surface area contributed by atoms with E-state index in [1.54, 1.807) is 18.2 Å². The third kappa shape index (κ3) is 1.18. The maximum atomic E-state index is 11.6. The lowest BCUT2D eigenvalue weighted by atomic mass is 10.1. The van der Waals surface area contributed by atoms with Crippen molar-refractivity contribution >= 4 is 10.0 Å². The SMILES string of the molecule is CCN1CCC(C)(C)S1(=O)=O. The standard InChI is InChI=1S/C7H15NO2S/c1-4-8-6-5-7(2,3)11(8,9)10/h4-6H2,1-3H3. The van der Waals surface area contributed by atoms with Crippen LogP contribution >= 0.6 is 0 Å². The van der Waals surface area contributed by atoms with Crippen molar-refractivity contribution in [3.8, 4) is 0 Å². The minimum atomic E-state index is -2.98. The molecule has 1 heterocycles. The van der Waals surface area contributed by atoms with Gasteiger partial charge in [0, 0.05) is 13.1 Å². The molecule has 1 rings (SSSR count). The molecule has 1 aliphatic rings. The monoisotopic (exact) mass is 177 g/mol. The van der Waals surface area contributed by atoms with Crippen LogP contribution in [0.4, 0.5) is 0 Å². The van der Waals surface area contributed by atoms with Gasteiger partial charge in [-0.15, -0.1) is 0 Å². The van der Waals surface area contributed by atoms with E-state index in [9.17, 15) is 8.42 Å². The maximum absolute atomic E-state index is 11.6. The van der Waals surface area contributed by atoms with Crippen molar-refractivity contribution in [1.29, 1.82) is 0 Å². The second kappa shape index (κ2) is 2.45. The zero-order chi connectivity index (χ0) is 8.70. The molecule has 0 amide bonds. The van der Waals surface area contributed by atoms with E-state index in [-0.39, 0.29) is 0 Å². The van der Waals surface area contributed by atoms with Gasteiger partial charge in [0.15, 0.2) is 0 Å². The quantitative estimate of drug-likeness (QED) is 0.594. The molecule has 0 bridgehead atoms. The highest BCUT2D eigenvalue weighted by Gasteiger charge is 2.44. The molecule has 0 spiro atoms. The van der Waals surface area contributed by atoms with Crippen molar-refractivity contribution < 1.29 is 8.42 Å². The number of sulfonamides is 1. The van der Waals surface area contributed by atoms with Gasteiger partial charge in [0.1, 0.15) is 0 Å². The van der Waals surface area contributed by atoms with Gasteiger partial charge in [-0.05, 0) is 20.3 Å². The highest BCUT2D eigenvalue weighted by molar-refractivity contribution is 7.90. The molecule has 11 heavy (non-hydrogen) atoms. The summed E-state index contributed by atoms with van der Waals surface area (Å²) < 4.78 is 24.2. The summed E-state index contributed by atoms with van der Waals surface area (Å²) in [4.78, 5) is 0. The normalized spacial score (nSPS) is 29.0. The highest BCUT2D eigenvalue weighted by atomic mass is 32.2. The Bertz CT molecular complexity index is 243. The van der Waals surface area contributed by atoms with Gasteiger partial charge in [0.2, 0.25) is 10.0 Å². The molecule has 4 heteroatoms. The summed E-state index contributed by atoms with van der Waals surface area (Å²) in [5.74, 6) is 0. The molecule has 0 atom stereocenters. The number of rotatable bonds is 1. The molecule has 0 saturated carbocycles. The van der Waals surface area contributed by atoms with Crippen LogP contribution in [0, 0.1) is 0 Å². The average molecular weight is 177 g/mol. The Hall–Kier alpha value is -0.0900. The van der Waals surface area contributed by atoms with Gasteiger partial charge in [0.05, 0.1) is 4.75 Å². The number of hydrogen-bond acceptors (Lipinski definition) is 2. The Morgan fingerprint density at radius 3 is 2.18 bits per heavy atom. The van der Waals surface area contributed by atoms with Gasteiger partial charge >= 0.3 is 0 Å². The lowest BCUT2D eigenvalue weighted by molar-refractivity contribution is 0.463. The molecule has 3 nitrogen and oxygen atoms in total. The van der Waals surface area contributed by atoms with E-state index in [1.807, 2.05) is 6.92 Å². The Kier molecular flexibility index (Phi) is 2.01. The molecule has 0 unspecified atom stereocenters. The fraction of sp³-hybridized carbons (Fsp3) is 1.00. The van der Waals surface area contributed by atoms with E-state index in [2.05, 4.69) is 0 Å². The van der Waals surface area contributed by atoms with Crippen molar-refractivity contribution in [3.05, 3.63) is 0 Å². The molecule has 66 valence electrons. The van der Waals surface area contributed by atoms with Gasteiger partial charge in [0.25, 0.3) is 0 Å².